The Morgan fingerprint density at radius 2 is 1.61 bits per heavy atom. The number of carbonyl (C=O) groups is 1. The first-order valence-electron chi connectivity index (χ1n) is 6.00. The van der Waals surface area contributed by atoms with Crippen molar-refractivity contribution in [1.82, 2.24) is 0 Å². The molecular weight excluding hydrogens is 240 g/mol. The fourth-order valence-corrected chi connectivity index (χ4v) is 3.01. The summed E-state index contributed by atoms with van der Waals surface area (Å²) >= 11 is 1.73. The summed E-state index contributed by atoms with van der Waals surface area (Å²) in [4.78, 5) is 12.6. The van der Waals surface area contributed by atoms with E-state index in [0.29, 0.717) is 5.25 Å². The van der Waals surface area contributed by atoms with Gasteiger partial charge in [-0.2, -0.15) is 0 Å². The van der Waals surface area contributed by atoms with Crippen molar-refractivity contribution in [3.05, 3.63) is 65.7 Å². The Bertz CT molecular complexity index is 534. The summed E-state index contributed by atoms with van der Waals surface area (Å²) in [6.07, 6.45) is 0. The summed E-state index contributed by atoms with van der Waals surface area (Å²) in [6, 6.07) is 18.1. The van der Waals surface area contributed by atoms with Crippen LogP contribution in [-0.2, 0) is 0 Å². The van der Waals surface area contributed by atoms with Crippen molar-refractivity contribution in [3.63, 3.8) is 0 Å². The molecule has 2 aromatic carbocycles. The van der Waals surface area contributed by atoms with E-state index in [0.717, 1.165) is 10.5 Å². The van der Waals surface area contributed by atoms with Crippen LogP contribution in [0.15, 0.2) is 59.5 Å². The predicted molar refractivity (Wildman–Crippen MR) is 77.2 cm³/mol. The van der Waals surface area contributed by atoms with Crippen molar-refractivity contribution >= 4 is 17.5 Å². The first kappa shape index (κ1) is 12.9. The van der Waals surface area contributed by atoms with E-state index in [4.69, 9.17) is 0 Å². The van der Waals surface area contributed by atoms with E-state index >= 15 is 0 Å². The molecule has 2 aromatic rings. The topological polar surface area (TPSA) is 17.1 Å². The highest BCUT2D eigenvalue weighted by molar-refractivity contribution is 7.99. The van der Waals surface area contributed by atoms with Gasteiger partial charge in [0.1, 0.15) is 0 Å². The Kier molecular flexibility index (Phi) is 4.21. The lowest BCUT2D eigenvalue weighted by atomic mass is 10.1. The number of thioether (sulfide) groups is 1. The van der Waals surface area contributed by atoms with Gasteiger partial charge in [-0.05, 0) is 25.5 Å². The molecule has 2 rings (SSSR count). The van der Waals surface area contributed by atoms with Crippen molar-refractivity contribution in [2.45, 2.75) is 24.0 Å². The predicted octanol–water partition coefficient (Wildman–Crippen LogP) is 4.74. The zero-order chi connectivity index (χ0) is 13.0. The molecule has 18 heavy (non-hydrogen) atoms. The third-order valence-electron chi connectivity index (χ3n) is 2.84. The minimum absolute atomic E-state index is 0.123. The van der Waals surface area contributed by atoms with E-state index in [1.54, 1.807) is 18.7 Å². The average molecular weight is 256 g/mol. The van der Waals surface area contributed by atoms with E-state index < -0.39 is 0 Å². The van der Waals surface area contributed by atoms with Crippen LogP contribution in [0.5, 0.6) is 0 Å². The van der Waals surface area contributed by atoms with Gasteiger partial charge in [0.2, 0.25) is 0 Å². The van der Waals surface area contributed by atoms with Crippen molar-refractivity contribution in [2.75, 3.05) is 0 Å². The third kappa shape index (κ3) is 3.02. The fourth-order valence-electron chi connectivity index (χ4n) is 1.84. The van der Waals surface area contributed by atoms with E-state index in [1.807, 2.05) is 42.5 Å². The Labute approximate surface area is 112 Å². The molecule has 0 saturated heterocycles. The van der Waals surface area contributed by atoms with Gasteiger partial charge in [0.15, 0.2) is 5.78 Å². The first-order chi connectivity index (χ1) is 8.68. The number of ketones is 1. The van der Waals surface area contributed by atoms with Crippen LogP contribution in [-0.4, -0.2) is 5.78 Å². The van der Waals surface area contributed by atoms with Crippen molar-refractivity contribution < 1.29 is 4.79 Å². The molecule has 0 aliphatic rings. The third-order valence-corrected chi connectivity index (χ3v) is 4.07. The van der Waals surface area contributed by atoms with Crippen LogP contribution in [0.4, 0.5) is 0 Å². The highest BCUT2D eigenvalue weighted by Crippen LogP contribution is 2.36. The van der Waals surface area contributed by atoms with Crippen molar-refractivity contribution in [3.8, 4) is 0 Å². The average Bonchev–Trinajstić information content (AvgIpc) is 2.40. The highest BCUT2D eigenvalue weighted by atomic mass is 32.2. The maximum absolute atomic E-state index is 11.6. The van der Waals surface area contributed by atoms with Gasteiger partial charge in [-0.1, -0.05) is 48.5 Å². The minimum Gasteiger partial charge on any atom is -0.294 e. The largest absolute Gasteiger partial charge is 0.294 e. The number of hydrogen-bond donors (Lipinski definition) is 0. The zero-order valence-corrected chi connectivity index (χ0v) is 11.4. The zero-order valence-electron chi connectivity index (χ0n) is 10.6. The molecule has 0 radical (unpaired) electrons. The molecule has 0 fully saturated rings. The van der Waals surface area contributed by atoms with Crippen molar-refractivity contribution in [1.29, 1.82) is 0 Å². The van der Waals surface area contributed by atoms with E-state index in [1.165, 1.54) is 5.56 Å². The summed E-state index contributed by atoms with van der Waals surface area (Å²) in [5.74, 6) is 0.123. The van der Waals surface area contributed by atoms with Gasteiger partial charge in [-0.25, -0.2) is 0 Å². The second kappa shape index (κ2) is 5.87. The van der Waals surface area contributed by atoms with E-state index in [9.17, 15) is 4.79 Å². The molecule has 0 aliphatic heterocycles. The molecule has 92 valence electrons. The monoisotopic (exact) mass is 256 g/mol. The molecule has 2 heteroatoms. The molecule has 0 N–H and O–H groups in total. The van der Waals surface area contributed by atoms with Crippen LogP contribution in [0.2, 0.25) is 0 Å². The molecule has 0 bridgehead atoms. The molecule has 0 saturated carbocycles. The maximum Gasteiger partial charge on any atom is 0.160 e. The molecule has 0 spiro atoms. The van der Waals surface area contributed by atoms with Crippen LogP contribution in [0.25, 0.3) is 0 Å². The standard InChI is InChI=1S/C16H16OS/c1-12(17)15-10-6-7-11-16(15)18-13(2)14-8-4-3-5-9-14/h3-11,13H,1-2H3. The number of benzene rings is 2. The Hall–Kier alpha value is -1.54. The number of carbonyl (C=O) groups excluding carboxylic acids is 1. The van der Waals surface area contributed by atoms with Crippen molar-refractivity contribution in [2.24, 2.45) is 0 Å². The van der Waals surface area contributed by atoms with Gasteiger partial charge >= 0.3 is 0 Å². The van der Waals surface area contributed by atoms with Gasteiger partial charge in [0.05, 0.1) is 0 Å². The Balaban J connectivity index is 2.22. The van der Waals surface area contributed by atoms with Crippen LogP contribution >= 0.6 is 11.8 Å². The van der Waals surface area contributed by atoms with E-state index in [-0.39, 0.29) is 5.78 Å². The molecule has 1 atom stereocenters. The van der Waals surface area contributed by atoms with Gasteiger partial charge < -0.3 is 0 Å². The molecule has 1 unspecified atom stereocenters. The van der Waals surface area contributed by atoms with Crippen LogP contribution in [0, 0.1) is 0 Å². The Morgan fingerprint density at radius 1 is 1.00 bits per heavy atom. The van der Waals surface area contributed by atoms with E-state index in [2.05, 4.69) is 19.1 Å². The second-order valence-corrected chi connectivity index (χ2v) is 5.61. The first-order valence-corrected chi connectivity index (χ1v) is 6.88. The smallest absolute Gasteiger partial charge is 0.160 e. The van der Waals surface area contributed by atoms with Gasteiger partial charge in [0, 0.05) is 15.7 Å². The number of hydrogen-bond acceptors (Lipinski definition) is 2. The maximum atomic E-state index is 11.6. The SMILES string of the molecule is CC(=O)c1ccccc1SC(C)c1ccccc1. The minimum atomic E-state index is 0.123. The molecule has 0 aliphatic carbocycles. The Morgan fingerprint density at radius 3 is 2.28 bits per heavy atom. The van der Waals surface area contributed by atoms with Crippen LogP contribution in [0.3, 0.4) is 0 Å². The highest BCUT2D eigenvalue weighted by Gasteiger charge is 2.11. The molecule has 1 nitrogen and oxygen atoms in total. The molecule has 0 amide bonds. The second-order valence-electron chi connectivity index (χ2n) is 4.22. The quantitative estimate of drug-likeness (QED) is 0.580. The van der Waals surface area contributed by atoms with Crippen LogP contribution < -0.4 is 0 Å². The normalized spacial score (nSPS) is 12.1. The van der Waals surface area contributed by atoms with Gasteiger partial charge in [0.25, 0.3) is 0 Å². The molecule has 0 aromatic heterocycles. The van der Waals surface area contributed by atoms with Gasteiger partial charge in [-0.3, -0.25) is 4.79 Å². The summed E-state index contributed by atoms with van der Waals surface area (Å²) in [7, 11) is 0. The summed E-state index contributed by atoms with van der Waals surface area (Å²) < 4.78 is 0. The summed E-state index contributed by atoms with van der Waals surface area (Å²) in [5.41, 5.74) is 2.09. The summed E-state index contributed by atoms with van der Waals surface area (Å²) in [6.45, 7) is 3.78. The number of rotatable bonds is 4. The molecule has 0 heterocycles. The van der Waals surface area contributed by atoms with Gasteiger partial charge in [-0.15, -0.1) is 11.8 Å². The lowest BCUT2D eigenvalue weighted by Gasteiger charge is -2.13. The lowest BCUT2D eigenvalue weighted by Crippen LogP contribution is -1.96. The molecular formula is C16H16OS. The van der Waals surface area contributed by atoms with Crippen LogP contribution in [0.1, 0.15) is 35.0 Å². The summed E-state index contributed by atoms with van der Waals surface area (Å²) in [5, 5.41) is 0.340. The lowest BCUT2D eigenvalue weighted by molar-refractivity contribution is 0.101. The fraction of sp³-hybridized carbons (Fsp3) is 0.188. The number of Topliss-reactive ketones (excluding diaryl/α,β-unsaturated/α-hetero) is 1.